The van der Waals surface area contributed by atoms with Crippen LogP contribution < -0.4 is 4.90 Å². The zero-order chi connectivity index (χ0) is 18.2. The first-order valence-corrected chi connectivity index (χ1v) is 9.04. The Morgan fingerprint density at radius 3 is 2.17 bits per heavy atom. The SMILES string of the molecule is CC(=O)O[C@@]1(c2ccccc2)C[C@H](C(C)(C)C)C[NH+](C(C)(C)C)C1. The van der Waals surface area contributed by atoms with Gasteiger partial charge in [0.15, 0.2) is 5.60 Å². The molecule has 134 valence electrons. The molecule has 1 unspecified atom stereocenters. The Hall–Kier alpha value is -1.35. The highest BCUT2D eigenvalue weighted by molar-refractivity contribution is 5.67. The molecule has 2 rings (SSSR count). The van der Waals surface area contributed by atoms with Gasteiger partial charge in [0.05, 0.1) is 12.1 Å². The van der Waals surface area contributed by atoms with E-state index in [1.807, 2.05) is 18.2 Å². The minimum Gasteiger partial charge on any atom is -0.448 e. The highest BCUT2D eigenvalue weighted by Crippen LogP contribution is 2.40. The summed E-state index contributed by atoms with van der Waals surface area (Å²) in [5.74, 6) is 0.293. The van der Waals surface area contributed by atoms with Gasteiger partial charge in [-0.1, -0.05) is 51.1 Å². The van der Waals surface area contributed by atoms with E-state index in [2.05, 4.69) is 53.7 Å². The number of nitrogens with one attached hydrogen (secondary N) is 1. The molecule has 1 saturated heterocycles. The summed E-state index contributed by atoms with van der Waals surface area (Å²) in [4.78, 5) is 13.5. The van der Waals surface area contributed by atoms with Gasteiger partial charge >= 0.3 is 5.97 Å². The molecule has 0 saturated carbocycles. The molecule has 0 aliphatic carbocycles. The number of rotatable bonds is 2. The fraction of sp³-hybridized carbons (Fsp3) is 0.667. The van der Waals surface area contributed by atoms with E-state index in [0.29, 0.717) is 5.92 Å². The van der Waals surface area contributed by atoms with Crippen molar-refractivity contribution in [2.24, 2.45) is 11.3 Å². The Morgan fingerprint density at radius 2 is 1.71 bits per heavy atom. The Bertz CT molecular complexity index is 544. The van der Waals surface area contributed by atoms with Crippen LogP contribution in [0.5, 0.6) is 0 Å². The molecule has 1 N–H and O–H groups in total. The molecule has 0 bridgehead atoms. The van der Waals surface area contributed by atoms with Crippen molar-refractivity contribution in [2.45, 2.75) is 66.0 Å². The van der Waals surface area contributed by atoms with Gasteiger partial charge in [0.25, 0.3) is 0 Å². The average Bonchev–Trinajstić information content (AvgIpc) is 2.45. The predicted molar refractivity (Wildman–Crippen MR) is 97.9 cm³/mol. The molecule has 24 heavy (non-hydrogen) atoms. The lowest BCUT2D eigenvalue weighted by Crippen LogP contribution is -3.22. The molecule has 1 aromatic carbocycles. The third-order valence-electron chi connectivity index (χ3n) is 5.49. The first-order valence-electron chi connectivity index (χ1n) is 9.04. The van der Waals surface area contributed by atoms with Gasteiger partial charge in [-0.3, -0.25) is 4.79 Å². The maximum atomic E-state index is 12.0. The van der Waals surface area contributed by atoms with Crippen molar-refractivity contribution in [3.8, 4) is 0 Å². The molecule has 1 heterocycles. The zero-order valence-corrected chi connectivity index (χ0v) is 16.4. The largest absolute Gasteiger partial charge is 0.448 e. The second-order valence-corrected chi connectivity index (χ2v) is 9.46. The molecule has 3 heteroatoms. The van der Waals surface area contributed by atoms with Crippen molar-refractivity contribution in [3.63, 3.8) is 0 Å². The van der Waals surface area contributed by atoms with Gasteiger partial charge in [-0.05, 0) is 26.2 Å². The van der Waals surface area contributed by atoms with E-state index in [4.69, 9.17) is 4.74 Å². The monoisotopic (exact) mass is 332 g/mol. The van der Waals surface area contributed by atoms with Gasteiger partial charge in [0.1, 0.15) is 6.54 Å². The summed E-state index contributed by atoms with van der Waals surface area (Å²) in [6, 6.07) is 10.3. The summed E-state index contributed by atoms with van der Waals surface area (Å²) in [5, 5.41) is 0. The van der Waals surface area contributed by atoms with Crippen LogP contribution in [-0.4, -0.2) is 24.6 Å². The van der Waals surface area contributed by atoms with E-state index in [-0.39, 0.29) is 16.9 Å². The summed E-state index contributed by atoms with van der Waals surface area (Å²) < 4.78 is 6.06. The fourth-order valence-corrected chi connectivity index (χ4v) is 3.81. The lowest BCUT2D eigenvalue weighted by atomic mass is 9.69. The van der Waals surface area contributed by atoms with Crippen molar-refractivity contribution in [2.75, 3.05) is 13.1 Å². The van der Waals surface area contributed by atoms with Crippen molar-refractivity contribution in [3.05, 3.63) is 35.9 Å². The Morgan fingerprint density at radius 1 is 1.12 bits per heavy atom. The van der Waals surface area contributed by atoms with Gasteiger partial charge < -0.3 is 9.64 Å². The third-order valence-corrected chi connectivity index (χ3v) is 5.49. The van der Waals surface area contributed by atoms with Gasteiger partial charge in [-0.2, -0.15) is 0 Å². The minimum absolute atomic E-state index is 0.115. The second-order valence-electron chi connectivity index (χ2n) is 9.46. The number of piperidine rings is 1. The highest BCUT2D eigenvalue weighted by atomic mass is 16.6. The van der Waals surface area contributed by atoms with E-state index in [0.717, 1.165) is 25.1 Å². The first-order chi connectivity index (χ1) is 10.9. The normalized spacial score (nSPS) is 28.5. The second kappa shape index (κ2) is 6.51. The average molecular weight is 333 g/mol. The molecule has 0 aromatic heterocycles. The maximum absolute atomic E-state index is 12.0. The number of quaternary nitrogens is 1. The molecule has 3 atom stereocenters. The lowest BCUT2D eigenvalue weighted by Gasteiger charge is -2.50. The summed E-state index contributed by atoms with van der Waals surface area (Å²) in [5.41, 5.74) is 0.878. The van der Waals surface area contributed by atoms with E-state index >= 15 is 0 Å². The van der Waals surface area contributed by atoms with Crippen LogP contribution in [0.25, 0.3) is 0 Å². The van der Waals surface area contributed by atoms with Gasteiger partial charge in [-0.25, -0.2) is 0 Å². The number of likely N-dealkylation sites (tertiary alicyclic amines) is 1. The minimum atomic E-state index is -0.536. The summed E-state index contributed by atoms with van der Waals surface area (Å²) in [7, 11) is 0. The first kappa shape index (κ1) is 19.0. The number of hydrogen-bond acceptors (Lipinski definition) is 2. The molecule has 0 radical (unpaired) electrons. The number of carbonyl (C=O) groups is 1. The van der Waals surface area contributed by atoms with Crippen LogP contribution in [0.2, 0.25) is 0 Å². The summed E-state index contributed by atoms with van der Waals surface area (Å²) >= 11 is 0. The van der Waals surface area contributed by atoms with Crippen molar-refractivity contribution < 1.29 is 14.4 Å². The predicted octanol–water partition coefficient (Wildman–Crippen LogP) is 3.19. The molecule has 1 aliphatic rings. The Kier molecular flexibility index (Phi) is 5.15. The van der Waals surface area contributed by atoms with Crippen molar-refractivity contribution >= 4 is 5.97 Å². The van der Waals surface area contributed by atoms with E-state index < -0.39 is 5.60 Å². The summed E-state index contributed by atoms with van der Waals surface area (Å²) in [6.07, 6.45) is 0.889. The standard InChI is InChI=1S/C21H33NO2/c1-16(23)24-21(17-11-9-8-10-12-17)13-18(19(2,3)4)14-22(15-21)20(5,6)7/h8-12,18H,13-15H2,1-7H3/p+1/t18-,21-/m0/s1. The Balaban J connectivity index is 2.52. The Labute approximate surface area is 147 Å². The van der Waals surface area contributed by atoms with Crippen LogP contribution in [0.4, 0.5) is 0 Å². The van der Waals surface area contributed by atoms with E-state index in [9.17, 15) is 4.79 Å². The van der Waals surface area contributed by atoms with Crippen molar-refractivity contribution in [1.82, 2.24) is 0 Å². The zero-order valence-electron chi connectivity index (χ0n) is 16.4. The number of carbonyl (C=O) groups excluding carboxylic acids is 1. The van der Waals surface area contributed by atoms with Gasteiger partial charge in [-0.15, -0.1) is 0 Å². The van der Waals surface area contributed by atoms with Crippen LogP contribution in [0.3, 0.4) is 0 Å². The molecule has 0 spiro atoms. The van der Waals surface area contributed by atoms with E-state index in [1.165, 1.54) is 11.8 Å². The quantitative estimate of drug-likeness (QED) is 0.843. The van der Waals surface area contributed by atoms with Gasteiger partial charge in [0, 0.05) is 24.8 Å². The van der Waals surface area contributed by atoms with E-state index in [1.54, 1.807) is 0 Å². The topological polar surface area (TPSA) is 30.7 Å². The lowest BCUT2D eigenvalue weighted by molar-refractivity contribution is -0.962. The number of esters is 1. The van der Waals surface area contributed by atoms with Crippen LogP contribution in [-0.2, 0) is 15.1 Å². The van der Waals surface area contributed by atoms with Crippen molar-refractivity contribution in [1.29, 1.82) is 0 Å². The number of hydrogen-bond donors (Lipinski definition) is 1. The van der Waals surface area contributed by atoms with Gasteiger partial charge in [0.2, 0.25) is 0 Å². The smallest absolute Gasteiger partial charge is 0.303 e. The highest BCUT2D eigenvalue weighted by Gasteiger charge is 2.51. The van der Waals surface area contributed by atoms with Crippen LogP contribution >= 0.6 is 0 Å². The summed E-state index contributed by atoms with van der Waals surface area (Å²) in [6.45, 7) is 17.2. The molecule has 3 nitrogen and oxygen atoms in total. The van der Waals surface area contributed by atoms with Crippen LogP contribution in [0.1, 0.15) is 60.5 Å². The third kappa shape index (κ3) is 4.18. The molecule has 0 amide bonds. The number of benzene rings is 1. The number of ether oxygens (including phenoxy) is 1. The van der Waals surface area contributed by atoms with Crippen LogP contribution in [0, 0.1) is 11.3 Å². The molecular weight excluding hydrogens is 298 g/mol. The molecule has 1 fully saturated rings. The maximum Gasteiger partial charge on any atom is 0.303 e. The molecular formula is C21H34NO2+. The fourth-order valence-electron chi connectivity index (χ4n) is 3.81. The van der Waals surface area contributed by atoms with Crippen LogP contribution in [0.15, 0.2) is 30.3 Å². The molecule has 1 aromatic rings. The molecule has 1 aliphatic heterocycles.